The number of aryl methyl sites for hydroxylation is 1. The SMILES string of the molecule is CC(=O)NC=CCCc1cccc(C(=O)O)c1. The molecule has 0 aliphatic carbocycles. The first-order valence-electron chi connectivity index (χ1n) is 5.34. The van der Waals surface area contributed by atoms with Crippen molar-refractivity contribution in [2.45, 2.75) is 19.8 Å². The van der Waals surface area contributed by atoms with Crippen LogP contribution in [0.5, 0.6) is 0 Å². The molecule has 2 N–H and O–H groups in total. The lowest BCUT2D eigenvalue weighted by Gasteiger charge is -2.00. The van der Waals surface area contributed by atoms with Gasteiger partial charge in [0.05, 0.1) is 5.56 Å². The molecule has 4 nitrogen and oxygen atoms in total. The number of nitrogens with one attached hydrogen (secondary N) is 1. The zero-order chi connectivity index (χ0) is 12.7. The van der Waals surface area contributed by atoms with Gasteiger partial charge in [-0.05, 0) is 36.7 Å². The number of rotatable bonds is 5. The van der Waals surface area contributed by atoms with Crippen molar-refractivity contribution in [2.75, 3.05) is 0 Å². The fourth-order valence-corrected chi connectivity index (χ4v) is 1.37. The molecule has 0 aliphatic heterocycles. The third-order valence-electron chi connectivity index (χ3n) is 2.18. The van der Waals surface area contributed by atoms with E-state index in [0.717, 1.165) is 18.4 Å². The fourth-order valence-electron chi connectivity index (χ4n) is 1.37. The summed E-state index contributed by atoms with van der Waals surface area (Å²) in [7, 11) is 0. The third-order valence-corrected chi connectivity index (χ3v) is 2.18. The Labute approximate surface area is 100.0 Å². The monoisotopic (exact) mass is 233 g/mol. The van der Waals surface area contributed by atoms with E-state index in [1.165, 1.54) is 6.92 Å². The van der Waals surface area contributed by atoms with Crippen LogP contribution >= 0.6 is 0 Å². The summed E-state index contributed by atoms with van der Waals surface area (Å²) in [5.41, 5.74) is 1.27. The molecular weight excluding hydrogens is 218 g/mol. The largest absolute Gasteiger partial charge is 0.478 e. The van der Waals surface area contributed by atoms with Crippen LogP contribution in [0.4, 0.5) is 0 Å². The summed E-state index contributed by atoms with van der Waals surface area (Å²) in [4.78, 5) is 21.3. The zero-order valence-electron chi connectivity index (χ0n) is 9.64. The number of allylic oxidation sites excluding steroid dienone is 1. The molecule has 0 fully saturated rings. The van der Waals surface area contributed by atoms with E-state index in [1.54, 1.807) is 24.4 Å². The highest BCUT2D eigenvalue weighted by molar-refractivity contribution is 5.87. The van der Waals surface area contributed by atoms with Gasteiger partial charge in [-0.3, -0.25) is 4.79 Å². The number of carbonyl (C=O) groups excluding carboxylic acids is 1. The molecule has 1 aromatic rings. The molecule has 1 rings (SSSR count). The first kappa shape index (κ1) is 13.0. The number of hydrogen-bond acceptors (Lipinski definition) is 2. The molecule has 0 atom stereocenters. The number of carbonyl (C=O) groups is 2. The summed E-state index contributed by atoms with van der Waals surface area (Å²) in [6.07, 6.45) is 4.94. The van der Waals surface area contributed by atoms with Crippen LogP contribution in [0.25, 0.3) is 0 Å². The number of carboxylic acids is 1. The molecule has 0 aliphatic rings. The topological polar surface area (TPSA) is 66.4 Å². The zero-order valence-corrected chi connectivity index (χ0v) is 9.64. The minimum absolute atomic E-state index is 0.103. The van der Waals surface area contributed by atoms with E-state index < -0.39 is 5.97 Å². The molecule has 0 bridgehead atoms. The van der Waals surface area contributed by atoms with Crippen LogP contribution in [-0.2, 0) is 11.2 Å². The molecule has 0 saturated carbocycles. The van der Waals surface area contributed by atoms with E-state index in [-0.39, 0.29) is 5.91 Å². The van der Waals surface area contributed by atoms with Gasteiger partial charge < -0.3 is 10.4 Å². The lowest BCUT2D eigenvalue weighted by Crippen LogP contribution is -2.11. The number of aromatic carboxylic acids is 1. The Balaban J connectivity index is 2.46. The minimum Gasteiger partial charge on any atom is -0.478 e. The van der Waals surface area contributed by atoms with Crippen molar-refractivity contribution in [1.82, 2.24) is 5.32 Å². The van der Waals surface area contributed by atoms with Gasteiger partial charge in [-0.15, -0.1) is 0 Å². The highest BCUT2D eigenvalue weighted by Crippen LogP contribution is 2.07. The van der Waals surface area contributed by atoms with Crippen LogP contribution < -0.4 is 5.32 Å². The van der Waals surface area contributed by atoms with E-state index in [1.807, 2.05) is 12.1 Å². The van der Waals surface area contributed by atoms with E-state index >= 15 is 0 Å². The van der Waals surface area contributed by atoms with Crippen molar-refractivity contribution < 1.29 is 14.7 Å². The van der Waals surface area contributed by atoms with Gasteiger partial charge in [0, 0.05) is 6.92 Å². The molecule has 1 aromatic carbocycles. The van der Waals surface area contributed by atoms with Crippen molar-refractivity contribution >= 4 is 11.9 Å². The van der Waals surface area contributed by atoms with Crippen LogP contribution in [0.2, 0.25) is 0 Å². The number of benzene rings is 1. The van der Waals surface area contributed by atoms with E-state index in [0.29, 0.717) is 5.56 Å². The maximum atomic E-state index is 10.7. The molecule has 0 aromatic heterocycles. The first-order valence-corrected chi connectivity index (χ1v) is 5.34. The minimum atomic E-state index is -0.916. The summed E-state index contributed by atoms with van der Waals surface area (Å²) >= 11 is 0. The van der Waals surface area contributed by atoms with E-state index in [9.17, 15) is 9.59 Å². The summed E-state index contributed by atoms with van der Waals surface area (Å²) in [5, 5.41) is 11.4. The maximum Gasteiger partial charge on any atom is 0.335 e. The van der Waals surface area contributed by atoms with Crippen LogP contribution in [0.1, 0.15) is 29.3 Å². The molecule has 90 valence electrons. The Morgan fingerprint density at radius 3 is 2.82 bits per heavy atom. The van der Waals surface area contributed by atoms with Crippen LogP contribution in [0.3, 0.4) is 0 Å². The molecule has 0 unspecified atom stereocenters. The van der Waals surface area contributed by atoms with Gasteiger partial charge >= 0.3 is 5.97 Å². The van der Waals surface area contributed by atoms with Gasteiger partial charge in [0.2, 0.25) is 5.91 Å². The highest BCUT2D eigenvalue weighted by Gasteiger charge is 2.02. The Hall–Kier alpha value is -2.10. The standard InChI is InChI=1S/C13H15NO3/c1-10(15)14-8-3-2-5-11-6-4-7-12(9-11)13(16)17/h3-4,6-9H,2,5H2,1H3,(H,14,15)(H,16,17). The Kier molecular flexibility index (Phi) is 4.94. The molecule has 4 heteroatoms. The van der Waals surface area contributed by atoms with Gasteiger partial charge in [-0.1, -0.05) is 18.2 Å². The first-order chi connectivity index (χ1) is 8.09. The lowest BCUT2D eigenvalue weighted by atomic mass is 10.1. The molecular formula is C13H15NO3. The molecule has 1 amide bonds. The second kappa shape index (κ2) is 6.48. The normalized spacial score (nSPS) is 10.4. The van der Waals surface area contributed by atoms with Crippen molar-refractivity contribution in [2.24, 2.45) is 0 Å². The summed E-state index contributed by atoms with van der Waals surface area (Å²) in [6.45, 7) is 1.45. The van der Waals surface area contributed by atoms with Gasteiger partial charge in [0.25, 0.3) is 0 Å². The average Bonchev–Trinajstić information content (AvgIpc) is 2.28. The third kappa shape index (κ3) is 4.97. The number of amides is 1. The van der Waals surface area contributed by atoms with E-state index in [4.69, 9.17) is 5.11 Å². The quantitative estimate of drug-likeness (QED) is 0.817. The van der Waals surface area contributed by atoms with Crippen molar-refractivity contribution in [3.8, 4) is 0 Å². The average molecular weight is 233 g/mol. The van der Waals surface area contributed by atoms with Crippen LogP contribution in [-0.4, -0.2) is 17.0 Å². The molecule has 0 radical (unpaired) electrons. The Morgan fingerprint density at radius 2 is 2.18 bits per heavy atom. The van der Waals surface area contributed by atoms with Gasteiger partial charge in [0.15, 0.2) is 0 Å². The van der Waals surface area contributed by atoms with Crippen molar-refractivity contribution in [3.63, 3.8) is 0 Å². The predicted molar refractivity (Wildman–Crippen MR) is 64.7 cm³/mol. The lowest BCUT2D eigenvalue weighted by molar-refractivity contribution is -0.118. The Morgan fingerprint density at radius 1 is 1.41 bits per heavy atom. The second-order valence-corrected chi connectivity index (χ2v) is 3.65. The highest BCUT2D eigenvalue weighted by atomic mass is 16.4. The van der Waals surface area contributed by atoms with Crippen LogP contribution in [0, 0.1) is 0 Å². The second-order valence-electron chi connectivity index (χ2n) is 3.65. The maximum absolute atomic E-state index is 10.7. The molecule has 0 spiro atoms. The smallest absolute Gasteiger partial charge is 0.335 e. The number of hydrogen-bond donors (Lipinski definition) is 2. The molecule has 0 heterocycles. The summed E-state index contributed by atoms with van der Waals surface area (Å²) in [6, 6.07) is 6.85. The molecule has 17 heavy (non-hydrogen) atoms. The van der Waals surface area contributed by atoms with Crippen molar-refractivity contribution in [1.29, 1.82) is 0 Å². The summed E-state index contributed by atoms with van der Waals surface area (Å²) in [5.74, 6) is -1.02. The fraction of sp³-hybridized carbons (Fsp3) is 0.231. The van der Waals surface area contributed by atoms with Crippen molar-refractivity contribution in [3.05, 3.63) is 47.7 Å². The predicted octanol–water partition coefficient (Wildman–Crippen LogP) is 1.97. The Bertz CT molecular complexity index is 438. The van der Waals surface area contributed by atoms with Gasteiger partial charge in [-0.2, -0.15) is 0 Å². The van der Waals surface area contributed by atoms with Crippen LogP contribution in [0.15, 0.2) is 36.5 Å². The van der Waals surface area contributed by atoms with E-state index in [2.05, 4.69) is 5.32 Å². The molecule has 0 saturated heterocycles. The van der Waals surface area contributed by atoms with Gasteiger partial charge in [-0.25, -0.2) is 4.79 Å². The van der Waals surface area contributed by atoms with Gasteiger partial charge in [0.1, 0.15) is 0 Å². The summed E-state index contributed by atoms with van der Waals surface area (Å²) < 4.78 is 0. The number of carboxylic acid groups (broad SMARTS) is 1.